The maximum Gasteiger partial charge on any atom is 1.00 e. The van der Waals surface area contributed by atoms with Gasteiger partial charge in [0.15, 0.2) is 0 Å². The van der Waals surface area contributed by atoms with Gasteiger partial charge < -0.3 is 14.8 Å². The molecule has 0 fully saturated rings. The molecule has 1 atom stereocenters. The molecule has 0 aliphatic carbocycles. The summed E-state index contributed by atoms with van der Waals surface area (Å²) in [5.74, 6) is -0.874. The second kappa shape index (κ2) is 51.2. The van der Waals surface area contributed by atoms with Crippen molar-refractivity contribution >= 4 is 5.97 Å². The topological polar surface area (TPSA) is 43.4 Å². The second-order valence-electron chi connectivity index (χ2n) is 18.2. The van der Waals surface area contributed by atoms with Crippen LogP contribution in [-0.4, -0.2) is 30.0 Å². The molecule has 0 radical (unpaired) electrons. The Morgan fingerprint density at radius 3 is 0.714 bits per heavy atom. The van der Waals surface area contributed by atoms with Gasteiger partial charge in [-0.25, -0.2) is 0 Å². The van der Waals surface area contributed by atoms with E-state index in [4.69, 9.17) is 0 Å². The van der Waals surface area contributed by atoms with Gasteiger partial charge >= 0.3 is 18.9 Å². The van der Waals surface area contributed by atoms with Gasteiger partial charge in [0.25, 0.3) is 0 Å². The third kappa shape index (κ3) is 46.7. The molecule has 0 bridgehead atoms. The molecule has 0 spiro atoms. The van der Waals surface area contributed by atoms with Gasteiger partial charge in [0.1, 0.15) is 0 Å². The molecule has 0 rings (SSSR count). The summed E-state index contributed by atoms with van der Waals surface area (Å²) in [5, 5.41) is 11.6. The van der Waals surface area contributed by atoms with Crippen LogP contribution in [-0.2, 0) is 4.79 Å². The first-order valence-electron chi connectivity index (χ1n) is 26.1. The number of carbonyl (C=O) groups excluding carboxylic acids is 1. The summed E-state index contributed by atoms with van der Waals surface area (Å²) in [6, 6.07) is 0.158. The van der Waals surface area contributed by atoms with Crippen molar-refractivity contribution in [3.63, 3.8) is 0 Å². The van der Waals surface area contributed by atoms with Crippen molar-refractivity contribution < 1.29 is 28.8 Å². The molecule has 0 aromatic heterocycles. The minimum atomic E-state index is -0.874. The number of carboxylic acids is 1. The Kier molecular flexibility index (Phi) is 53.1. The largest absolute Gasteiger partial charge is 1.00 e. The molecule has 0 heterocycles. The molecule has 56 heavy (non-hydrogen) atoms. The molecule has 0 aromatic carbocycles. The van der Waals surface area contributed by atoms with Gasteiger partial charge in [0.05, 0.1) is 0 Å². The number of nitrogens with zero attached hydrogens (tertiary/aromatic N) is 1. The molecule has 0 aliphatic rings. The minimum absolute atomic E-state index is 0. The molecule has 0 aliphatic heterocycles. The number of hydrogen-bond acceptors (Lipinski definition) is 3. The van der Waals surface area contributed by atoms with Crippen LogP contribution in [0.2, 0.25) is 0 Å². The van der Waals surface area contributed by atoms with Crippen LogP contribution in [0.25, 0.3) is 0 Å². The van der Waals surface area contributed by atoms with Crippen molar-refractivity contribution in [3.8, 4) is 0 Å². The number of aliphatic carboxylic acids is 1. The van der Waals surface area contributed by atoms with E-state index < -0.39 is 5.97 Å². The number of carboxylic acid groups (broad SMARTS) is 1. The van der Waals surface area contributed by atoms with Crippen LogP contribution < -0.4 is 24.0 Å². The normalized spacial score (nSPS) is 12.1. The zero-order valence-electron chi connectivity index (χ0n) is 39.6. The number of rotatable bonds is 49. The fourth-order valence-corrected chi connectivity index (χ4v) is 8.91. The molecule has 1 unspecified atom stereocenters. The van der Waals surface area contributed by atoms with E-state index in [0.717, 1.165) is 25.9 Å². The maximum atomic E-state index is 11.6. The van der Waals surface area contributed by atoms with Gasteiger partial charge in [-0.3, -0.25) is 0 Å². The van der Waals surface area contributed by atoms with E-state index >= 15 is 0 Å². The van der Waals surface area contributed by atoms with Gasteiger partial charge in [-0.2, -0.15) is 0 Å². The molecule has 3 nitrogen and oxygen atoms in total. The Morgan fingerprint density at radius 2 is 0.536 bits per heavy atom. The molecular weight excluding hydrogens is 678 g/mol. The third-order valence-corrected chi connectivity index (χ3v) is 12.6. The van der Waals surface area contributed by atoms with Crippen LogP contribution >= 0.6 is 0 Å². The Bertz CT molecular complexity index is 671. The first-order chi connectivity index (χ1) is 27.2. The summed E-state index contributed by atoms with van der Waals surface area (Å²) in [6.07, 6.45) is 61.6. The van der Waals surface area contributed by atoms with Crippen LogP contribution in [0, 0.1) is 0 Å². The van der Waals surface area contributed by atoms with Crippen molar-refractivity contribution in [2.24, 2.45) is 0 Å². The number of unbranched alkanes of at least 4 members (excludes halogenated alkanes) is 40. The number of hydrogen-bond donors (Lipinski definition) is 0. The fraction of sp³-hybridized carbons (Fsp3) is 0.981. The summed E-state index contributed by atoms with van der Waals surface area (Å²) in [6.45, 7) is 8.93. The third-order valence-electron chi connectivity index (χ3n) is 12.6. The Labute approximate surface area is 366 Å². The summed E-state index contributed by atoms with van der Waals surface area (Å²) < 4.78 is 0. The van der Waals surface area contributed by atoms with Crippen LogP contribution in [0.15, 0.2) is 0 Å². The van der Waals surface area contributed by atoms with Crippen LogP contribution in [0.4, 0.5) is 0 Å². The minimum Gasteiger partial charge on any atom is -0.550 e. The van der Waals surface area contributed by atoms with Gasteiger partial charge in [0, 0.05) is 18.4 Å². The summed E-state index contributed by atoms with van der Waals surface area (Å²) in [4.78, 5) is 14.1. The Balaban J connectivity index is 0. The van der Waals surface area contributed by atoms with Crippen molar-refractivity contribution in [2.45, 2.75) is 316 Å². The van der Waals surface area contributed by atoms with E-state index in [1.54, 1.807) is 0 Å². The van der Waals surface area contributed by atoms with Crippen LogP contribution in [0.3, 0.4) is 0 Å². The first-order valence-corrected chi connectivity index (χ1v) is 26.1. The number of carbonyl (C=O) groups is 1. The second-order valence-corrected chi connectivity index (χ2v) is 18.2. The predicted molar refractivity (Wildman–Crippen MR) is 245 cm³/mol. The summed E-state index contributed by atoms with van der Waals surface area (Å²) in [7, 11) is 0. The molecule has 0 saturated carbocycles. The molecule has 0 amide bonds. The van der Waals surface area contributed by atoms with E-state index in [1.165, 1.54) is 270 Å². The van der Waals surface area contributed by atoms with Gasteiger partial charge in [-0.1, -0.05) is 284 Å². The first kappa shape index (κ1) is 58.1. The van der Waals surface area contributed by atoms with Crippen molar-refractivity contribution in [1.82, 2.24) is 4.90 Å². The fourth-order valence-electron chi connectivity index (χ4n) is 8.91. The van der Waals surface area contributed by atoms with E-state index in [-0.39, 0.29) is 31.3 Å². The average molecular weight is 782 g/mol. The van der Waals surface area contributed by atoms with Crippen molar-refractivity contribution in [1.29, 1.82) is 0 Å². The predicted octanol–water partition coefficient (Wildman–Crippen LogP) is 14.0. The van der Waals surface area contributed by atoms with Crippen LogP contribution in [0.1, 0.15) is 310 Å². The van der Waals surface area contributed by atoms with Gasteiger partial charge in [-0.05, 0) is 32.4 Å². The molecular formula is C52H104LiNO2. The van der Waals surface area contributed by atoms with E-state index in [9.17, 15) is 9.90 Å². The zero-order chi connectivity index (χ0) is 40.0. The van der Waals surface area contributed by atoms with Crippen molar-refractivity contribution in [2.75, 3.05) is 13.1 Å². The van der Waals surface area contributed by atoms with Gasteiger partial charge in [0.2, 0.25) is 0 Å². The van der Waals surface area contributed by atoms with Crippen molar-refractivity contribution in [3.05, 3.63) is 0 Å². The Hall–Kier alpha value is 0.0274. The monoisotopic (exact) mass is 782 g/mol. The van der Waals surface area contributed by atoms with E-state index in [2.05, 4.69) is 25.7 Å². The molecule has 0 N–H and O–H groups in total. The molecule has 0 aromatic rings. The quantitative estimate of drug-likeness (QED) is 0.0456. The van der Waals surface area contributed by atoms with E-state index in [1.807, 2.05) is 0 Å². The SMILES string of the molecule is CCCCCCCCCCCCCCCCCCCCCCCN(CCCCCCCCCCCCCCCCCCCCCCC)C(CCC)CC(=O)[O-].[Li+]. The smallest absolute Gasteiger partial charge is 0.550 e. The molecule has 4 heteroatoms. The zero-order valence-corrected chi connectivity index (χ0v) is 39.6. The summed E-state index contributed by atoms with van der Waals surface area (Å²) >= 11 is 0. The van der Waals surface area contributed by atoms with Crippen LogP contribution in [0.5, 0.6) is 0 Å². The standard InChI is InChI=1S/C52H105NO2.Li/c1-4-7-9-11-13-15-17-19-21-23-25-27-29-31-33-35-37-39-41-43-45-48-53(51(47-6-3)50-52(54)55)49-46-44-42-40-38-36-34-32-30-28-26-24-22-20-18-16-14-12-10-8-5-2;/h51H,4-50H2,1-3H3,(H,54,55);/q;+1/p-1. The van der Waals surface area contributed by atoms with Gasteiger partial charge in [-0.15, -0.1) is 0 Å². The molecule has 0 saturated heterocycles. The average Bonchev–Trinajstić information content (AvgIpc) is 3.18. The molecule has 330 valence electrons. The summed E-state index contributed by atoms with van der Waals surface area (Å²) in [5.41, 5.74) is 0. The Morgan fingerprint density at radius 1 is 0.339 bits per heavy atom. The maximum absolute atomic E-state index is 11.6. The van der Waals surface area contributed by atoms with E-state index in [0.29, 0.717) is 0 Å².